The van der Waals surface area contributed by atoms with Gasteiger partial charge in [-0.2, -0.15) is 0 Å². The van der Waals surface area contributed by atoms with Crippen LogP contribution in [0.1, 0.15) is 20.2 Å². The van der Waals surface area contributed by atoms with Gasteiger partial charge >= 0.3 is 0 Å². The van der Waals surface area contributed by atoms with Crippen molar-refractivity contribution in [1.29, 1.82) is 0 Å². The average Bonchev–Trinajstić information content (AvgIpc) is 3.33. The minimum Gasteiger partial charge on any atom is -0.451 e. The Balaban J connectivity index is 1.48. The first-order valence-electron chi connectivity index (χ1n) is 8.04. The molecule has 2 aromatic heterocycles. The highest BCUT2D eigenvalue weighted by Gasteiger charge is 2.14. The Kier molecular flexibility index (Phi) is 4.66. The number of rotatable bonds is 4. The summed E-state index contributed by atoms with van der Waals surface area (Å²) in [5, 5.41) is 8.49. The summed E-state index contributed by atoms with van der Waals surface area (Å²) in [6.07, 6.45) is 0. The van der Waals surface area contributed by atoms with Crippen molar-refractivity contribution in [3.8, 4) is 0 Å². The van der Waals surface area contributed by atoms with Gasteiger partial charge in [-0.1, -0.05) is 35.9 Å². The molecule has 0 saturated heterocycles. The van der Waals surface area contributed by atoms with Gasteiger partial charge in [-0.25, -0.2) is 0 Å². The molecular weight excluding hydrogens is 384 g/mol. The van der Waals surface area contributed by atoms with Crippen molar-refractivity contribution in [3.63, 3.8) is 0 Å². The van der Waals surface area contributed by atoms with E-state index in [9.17, 15) is 9.59 Å². The summed E-state index contributed by atoms with van der Waals surface area (Å²) in [5.74, 6) is -0.397. The number of para-hydroxylation sites is 1. The number of hydrogen-bond donors (Lipinski definition) is 2. The van der Waals surface area contributed by atoms with Gasteiger partial charge in [0.15, 0.2) is 5.76 Å². The molecule has 27 heavy (non-hydrogen) atoms. The first kappa shape index (κ1) is 17.3. The summed E-state index contributed by atoms with van der Waals surface area (Å²) < 4.78 is 5.55. The number of fused-ring (bicyclic) bond motifs is 1. The van der Waals surface area contributed by atoms with Crippen molar-refractivity contribution >= 4 is 57.1 Å². The number of furan rings is 1. The number of anilines is 2. The largest absolute Gasteiger partial charge is 0.451 e. The smallest absolute Gasteiger partial charge is 0.291 e. The summed E-state index contributed by atoms with van der Waals surface area (Å²) in [5.41, 5.74) is 1.61. The lowest BCUT2D eigenvalue weighted by atomic mass is 10.2. The Bertz CT molecular complexity index is 1100. The molecule has 7 heteroatoms. The number of carbonyl (C=O) groups excluding carboxylic acids is 2. The molecule has 0 atom stereocenters. The van der Waals surface area contributed by atoms with Gasteiger partial charge in [-0.3, -0.25) is 9.59 Å². The van der Waals surface area contributed by atoms with E-state index in [1.807, 2.05) is 23.6 Å². The zero-order valence-corrected chi connectivity index (χ0v) is 15.4. The zero-order valence-electron chi connectivity index (χ0n) is 13.9. The van der Waals surface area contributed by atoms with Crippen molar-refractivity contribution in [2.45, 2.75) is 0 Å². The fourth-order valence-electron chi connectivity index (χ4n) is 2.57. The van der Waals surface area contributed by atoms with Crippen molar-refractivity contribution in [2.24, 2.45) is 0 Å². The van der Waals surface area contributed by atoms with Crippen LogP contribution in [0.4, 0.5) is 11.4 Å². The number of nitrogens with one attached hydrogen (secondary N) is 2. The Labute approximate surface area is 163 Å². The van der Waals surface area contributed by atoms with Crippen molar-refractivity contribution in [2.75, 3.05) is 10.6 Å². The lowest BCUT2D eigenvalue weighted by Crippen LogP contribution is -2.12. The monoisotopic (exact) mass is 396 g/mol. The highest BCUT2D eigenvalue weighted by atomic mass is 35.5. The third-order valence-corrected chi connectivity index (χ3v) is 5.05. The first-order chi connectivity index (χ1) is 13.1. The van der Waals surface area contributed by atoms with Gasteiger partial charge in [-0.05, 0) is 41.8 Å². The Hall–Kier alpha value is -3.09. The molecule has 2 aromatic carbocycles. The van der Waals surface area contributed by atoms with Gasteiger partial charge in [0.25, 0.3) is 11.8 Å². The first-order valence-corrected chi connectivity index (χ1v) is 9.30. The second kappa shape index (κ2) is 7.26. The fourth-order valence-corrected chi connectivity index (χ4v) is 3.42. The molecule has 0 aliphatic rings. The maximum Gasteiger partial charge on any atom is 0.291 e. The minimum absolute atomic E-state index is 0.211. The van der Waals surface area contributed by atoms with Crippen LogP contribution >= 0.6 is 22.9 Å². The number of thiophene rings is 1. The number of carbonyl (C=O) groups is 2. The molecule has 5 nitrogen and oxygen atoms in total. The molecule has 0 bridgehead atoms. The standard InChI is InChI=1S/C20H13ClN2O3S/c21-14-11-13(7-8-15(14)23-20(25)18-6-3-9-27-18)22-19(24)17-10-12-4-1-2-5-16(12)26-17/h1-11H,(H,22,24)(H,23,25). The maximum atomic E-state index is 12.4. The molecule has 2 amide bonds. The summed E-state index contributed by atoms with van der Waals surface area (Å²) in [4.78, 5) is 25.1. The second-order valence-electron chi connectivity index (χ2n) is 5.73. The summed E-state index contributed by atoms with van der Waals surface area (Å²) in [6, 6.07) is 17.5. The van der Waals surface area contributed by atoms with Gasteiger partial charge in [0.2, 0.25) is 0 Å². The van der Waals surface area contributed by atoms with E-state index in [2.05, 4.69) is 10.6 Å². The van der Waals surface area contributed by atoms with E-state index in [0.717, 1.165) is 5.39 Å². The Morgan fingerprint density at radius 2 is 1.78 bits per heavy atom. The van der Waals surface area contributed by atoms with Crippen LogP contribution in [0.3, 0.4) is 0 Å². The Morgan fingerprint density at radius 1 is 0.926 bits per heavy atom. The van der Waals surface area contributed by atoms with E-state index < -0.39 is 0 Å². The SMILES string of the molecule is O=C(Nc1ccc(NC(=O)c2cccs2)c(Cl)c1)c1cc2ccccc2o1. The van der Waals surface area contributed by atoms with E-state index in [-0.39, 0.29) is 17.6 Å². The third kappa shape index (κ3) is 3.72. The maximum absolute atomic E-state index is 12.4. The number of benzene rings is 2. The molecule has 0 fully saturated rings. The van der Waals surface area contributed by atoms with Gasteiger partial charge in [0.1, 0.15) is 5.58 Å². The molecule has 0 unspecified atom stereocenters. The van der Waals surface area contributed by atoms with Gasteiger partial charge in [-0.15, -0.1) is 11.3 Å². The molecule has 0 aliphatic heterocycles. The molecule has 0 radical (unpaired) electrons. The van der Waals surface area contributed by atoms with Crippen LogP contribution in [-0.2, 0) is 0 Å². The molecule has 4 aromatic rings. The minimum atomic E-state index is -0.377. The van der Waals surface area contributed by atoms with Crippen LogP contribution < -0.4 is 10.6 Å². The second-order valence-corrected chi connectivity index (χ2v) is 7.08. The van der Waals surface area contributed by atoms with Crippen LogP contribution in [-0.4, -0.2) is 11.8 Å². The van der Waals surface area contributed by atoms with Crippen molar-refractivity contribution in [3.05, 3.63) is 81.7 Å². The van der Waals surface area contributed by atoms with Crippen LogP contribution in [0.2, 0.25) is 5.02 Å². The predicted octanol–water partition coefficient (Wildman–Crippen LogP) is 5.65. The lowest BCUT2D eigenvalue weighted by Gasteiger charge is -2.09. The zero-order chi connectivity index (χ0) is 18.8. The Morgan fingerprint density at radius 3 is 2.52 bits per heavy atom. The highest BCUT2D eigenvalue weighted by Crippen LogP contribution is 2.27. The van der Waals surface area contributed by atoms with Crippen LogP contribution in [0.5, 0.6) is 0 Å². The lowest BCUT2D eigenvalue weighted by molar-refractivity contribution is 0.0996. The molecule has 134 valence electrons. The fraction of sp³-hybridized carbons (Fsp3) is 0. The van der Waals surface area contributed by atoms with Crippen molar-refractivity contribution < 1.29 is 14.0 Å². The molecule has 0 spiro atoms. The molecule has 2 heterocycles. The highest BCUT2D eigenvalue weighted by molar-refractivity contribution is 7.12. The van der Waals surface area contributed by atoms with E-state index in [4.69, 9.17) is 16.0 Å². The number of amides is 2. The molecule has 2 N–H and O–H groups in total. The topological polar surface area (TPSA) is 71.3 Å². The summed E-state index contributed by atoms with van der Waals surface area (Å²) in [6.45, 7) is 0. The van der Waals surface area contributed by atoms with Crippen LogP contribution in [0, 0.1) is 0 Å². The normalized spacial score (nSPS) is 10.7. The van der Waals surface area contributed by atoms with Gasteiger partial charge < -0.3 is 15.1 Å². The van der Waals surface area contributed by atoms with Gasteiger partial charge in [0.05, 0.1) is 15.6 Å². The molecular formula is C20H13ClN2O3S. The molecule has 4 rings (SSSR count). The summed E-state index contributed by atoms with van der Waals surface area (Å²) in [7, 11) is 0. The van der Waals surface area contributed by atoms with Crippen LogP contribution in [0.15, 0.2) is 70.5 Å². The third-order valence-electron chi connectivity index (χ3n) is 3.87. The number of halogens is 1. The van der Waals surface area contributed by atoms with E-state index in [0.29, 0.717) is 26.9 Å². The van der Waals surface area contributed by atoms with E-state index >= 15 is 0 Å². The quantitative estimate of drug-likeness (QED) is 0.468. The van der Waals surface area contributed by atoms with Gasteiger partial charge in [0, 0.05) is 11.1 Å². The number of hydrogen-bond acceptors (Lipinski definition) is 4. The molecule has 0 aliphatic carbocycles. The van der Waals surface area contributed by atoms with E-state index in [1.165, 1.54) is 11.3 Å². The average molecular weight is 397 g/mol. The van der Waals surface area contributed by atoms with Crippen LogP contribution in [0.25, 0.3) is 11.0 Å². The van der Waals surface area contributed by atoms with Crippen molar-refractivity contribution in [1.82, 2.24) is 0 Å². The van der Waals surface area contributed by atoms with E-state index in [1.54, 1.807) is 42.5 Å². The molecule has 0 saturated carbocycles. The summed E-state index contributed by atoms with van der Waals surface area (Å²) >= 11 is 7.59. The predicted molar refractivity (Wildman–Crippen MR) is 108 cm³/mol.